The van der Waals surface area contributed by atoms with Gasteiger partial charge in [-0.05, 0) is 17.7 Å². The fourth-order valence-corrected chi connectivity index (χ4v) is 2.13. The Morgan fingerprint density at radius 2 is 2.13 bits per heavy atom. The number of nitrogens with one attached hydrogen (secondary N) is 1. The molecule has 23 heavy (non-hydrogen) atoms. The summed E-state index contributed by atoms with van der Waals surface area (Å²) in [4.78, 5) is 11.5. The Labute approximate surface area is 129 Å². The van der Waals surface area contributed by atoms with Crippen LogP contribution in [0.15, 0.2) is 42.9 Å². The van der Waals surface area contributed by atoms with Crippen molar-refractivity contribution in [1.29, 1.82) is 0 Å². The lowest BCUT2D eigenvalue weighted by Crippen LogP contribution is -2.08. The van der Waals surface area contributed by atoms with E-state index in [1.54, 1.807) is 22.9 Å². The van der Waals surface area contributed by atoms with Crippen molar-refractivity contribution in [3.05, 3.63) is 65.4 Å². The molecule has 0 radical (unpaired) electrons. The summed E-state index contributed by atoms with van der Waals surface area (Å²) in [6.45, 7) is 7.18. The maximum atomic E-state index is 12.7. The van der Waals surface area contributed by atoms with Gasteiger partial charge in [-0.2, -0.15) is 13.2 Å². The van der Waals surface area contributed by atoms with Gasteiger partial charge < -0.3 is 14.6 Å². The lowest BCUT2D eigenvalue weighted by atomic mass is 10.1. The monoisotopic (exact) mass is 317 g/mol. The van der Waals surface area contributed by atoms with Crippen molar-refractivity contribution in [2.45, 2.75) is 12.7 Å². The highest BCUT2D eigenvalue weighted by Crippen LogP contribution is 2.29. The summed E-state index contributed by atoms with van der Waals surface area (Å²) in [6.07, 6.45) is 0.376. The second kappa shape index (κ2) is 5.61. The van der Waals surface area contributed by atoms with Crippen LogP contribution in [0, 0.1) is 6.57 Å². The van der Waals surface area contributed by atoms with Crippen LogP contribution in [0.3, 0.4) is 0 Å². The zero-order valence-electron chi connectivity index (χ0n) is 11.7. The smallest absolute Gasteiger partial charge is 0.359 e. The van der Waals surface area contributed by atoms with E-state index in [1.165, 1.54) is 12.3 Å². The summed E-state index contributed by atoms with van der Waals surface area (Å²) >= 11 is 0. The van der Waals surface area contributed by atoms with Crippen LogP contribution >= 0.6 is 0 Å². The van der Waals surface area contributed by atoms with Crippen LogP contribution in [0.5, 0.6) is 0 Å². The molecule has 3 rings (SSSR count). The van der Waals surface area contributed by atoms with Crippen LogP contribution in [0.4, 0.5) is 24.8 Å². The molecule has 3 aromatic rings. The summed E-state index contributed by atoms with van der Waals surface area (Å²) in [7, 11) is 0. The number of nitrogens with zero attached hydrogens (tertiary/aromatic N) is 4. The normalized spacial score (nSPS) is 11.4. The summed E-state index contributed by atoms with van der Waals surface area (Å²) in [6, 6.07) is 5.04. The van der Waals surface area contributed by atoms with Crippen molar-refractivity contribution in [2.24, 2.45) is 0 Å². The zero-order chi connectivity index (χ0) is 16.4. The molecule has 0 spiro atoms. The minimum atomic E-state index is -4.38. The maximum Gasteiger partial charge on any atom is 0.416 e. The van der Waals surface area contributed by atoms with Gasteiger partial charge in [0.2, 0.25) is 5.65 Å². The number of hydrogen-bond donors (Lipinski definition) is 1. The summed E-state index contributed by atoms with van der Waals surface area (Å²) in [5, 5.41) is 2.94. The fraction of sp³-hybridized carbons (Fsp3) is 0.133. The number of rotatable bonds is 3. The highest BCUT2D eigenvalue weighted by Gasteiger charge is 2.30. The Bertz CT molecular complexity index is 892. The lowest BCUT2D eigenvalue weighted by molar-refractivity contribution is -0.137. The van der Waals surface area contributed by atoms with Crippen molar-refractivity contribution in [1.82, 2.24) is 14.4 Å². The van der Waals surface area contributed by atoms with Crippen LogP contribution in [-0.2, 0) is 12.7 Å². The molecule has 2 heterocycles. The topological polar surface area (TPSA) is 46.6 Å². The summed E-state index contributed by atoms with van der Waals surface area (Å²) in [5.74, 6) is 0.517. The van der Waals surface area contributed by atoms with Gasteiger partial charge in [0.1, 0.15) is 0 Å². The third-order valence-electron chi connectivity index (χ3n) is 3.19. The van der Waals surface area contributed by atoms with Crippen LogP contribution in [-0.4, -0.2) is 14.4 Å². The molecule has 1 aromatic carbocycles. The third kappa shape index (κ3) is 3.08. The fourth-order valence-electron chi connectivity index (χ4n) is 2.13. The second-order valence-corrected chi connectivity index (χ2v) is 4.77. The van der Waals surface area contributed by atoms with E-state index in [4.69, 9.17) is 6.57 Å². The number of hydrogen-bond acceptors (Lipinski definition) is 3. The molecule has 0 saturated heterocycles. The lowest BCUT2D eigenvalue weighted by Gasteiger charge is -2.09. The second-order valence-electron chi connectivity index (χ2n) is 4.77. The average molecular weight is 317 g/mol. The van der Waals surface area contributed by atoms with Gasteiger partial charge in [0.05, 0.1) is 5.56 Å². The van der Waals surface area contributed by atoms with Gasteiger partial charge in [-0.1, -0.05) is 23.7 Å². The molecule has 0 aliphatic carbocycles. The number of fused-ring (bicyclic) bond motifs is 1. The highest BCUT2D eigenvalue weighted by atomic mass is 19.4. The summed E-state index contributed by atoms with van der Waals surface area (Å²) in [5.41, 5.74) is 0.259. The number of alkyl halides is 3. The first kappa shape index (κ1) is 14.8. The van der Waals surface area contributed by atoms with E-state index in [0.29, 0.717) is 17.0 Å². The first-order valence-electron chi connectivity index (χ1n) is 6.58. The Kier molecular flexibility index (Phi) is 3.62. The molecule has 0 saturated carbocycles. The Morgan fingerprint density at radius 3 is 2.87 bits per heavy atom. The molecule has 8 heteroatoms. The van der Waals surface area contributed by atoms with Gasteiger partial charge in [-0.3, -0.25) is 0 Å². The molecular weight excluding hydrogens is 307 g/mol. The Morgan fingerprint density at radius 1 is 1.30 bits per heavy atom. The average Bonchev–Trinajstić information content (AvgIpc) is 3.00. The number of aromatic nitrogens is 3. The highest BCUT2D eigenvalue weighted by molar-refractivity contribution is 5.65. The van der Waals surface area contributed by atoms with Crippen molar-refractivity contribution in [3.63, 3.8) is 0 Å². The molecule has 0 fully saturated rings. The van der Waals surface area contributed by atoms with Gasteiger partial charge in [-0.25, -0.2) is 4.98 Å². The van der Waals surface area contributed by atoms with Gasteiger partial charge in [0.15, 0.2) is 0 Å². The molecule has 0 unspecified atom stereocenters. The molecule has 0 aliphatic rings. The van der Waals surface area contributed by atoms with Gasteiger partial charge >= 0.3 is 6.18 Å². The number of anilines is 1. The molecule has 116 valence electrons. The predicted octanol–water partition coefficient (Wildman–Crippen LogP) is 3.91. The molecule has 2 aromatic heterocycles. The van der Waals surface area contributed by atoms with Crippen molar-refractivity contribution < 1.29 is 13.2 Å². The molecule has 0 bridgehead atoms. The van der Waals surface area contributed by atoms with E-state index < -0.39 is 11.7 Å². The largest absolute Gasteiger partial charge is 0.416 e. The van der Waals surface area contributed by atoms with Crippen molar-refractivity contribution in [3.8, 4) is 0 Å². The summed E-state index contributed by atoms with van der Waals surface area (Å²) < 4.78 is 39.8. The Balaban J connectivity index is 1.87. The predicted molar refractivity (Wildman–Crippen MR) is 78.0 cm³/mol. The number of halogens is 3. The molecule has 5 nitrogen and oxygen atoms in total. The standard InChI is InChI=1S/C15H10F3N5/c1-19-12-9-23-6-5-20-14(23)13(22-12)21-8-10-3-2-4-11(7-10)15(16,17)18/h2-7,9H,8H2,(H,21,22). The Hall–Kier alpha value is -3.08. The number of imidazole rings is 1. The first-order valence-corrected chi connectivity index (χ1v) is 6.58. The van der Waals surface area contributed by atoms with E-state index in [2.05, 4.69) is 20.1 Å². The van der Waals surface area contributed by atoms with E-state index >= 15 is 0 Å². The minimum absolute atomic E-state index is 0.140. The van der Waals surface area contributed by atoms with Crippen molar-refractivity contribution >= 4 is 17.3 Å². The first-order chi connectivity index (χ1) is 11.0. The van der Waals surface area contributed by atoms with Crippen LogP contribution in [0.2, 0.25) is 0 Å². The van der Waals surface area contributed by atoms with Gasteiger partial charge in [0, 0.05) is 25.1 Å². The van der Waals surface area contributed by atoms with E-state index in [-0.39, 0.29) is 12.4 Å². The van der Waals surface area contributed by atoms with Crippen molar-refractivity contribution in [2.75, 3.05) is 5.32 Å². The molecular formula is C15H10F3N5. The molecule has 0 amide bonds. The quantitative estimate of drug-likeness (QED) is 0.745. The van der Waals surface area contributed by atoms with Crippen LogP contribution in [0.1, 0.15) is 11.1 Å². The molecule has 1 N–H and O–H groups in total. The maximum absolute atomic E-state index is 12.7. The van der Waals surface area contributed by atoms with E-state index in [1.807, 2.05) is 0 Å². The molecule has 0 aliphatic heterocycles. The van der Waals surface area contributed by atoms with Gasteiger partial charge in [0.25, 0.3) is 11.6 Å². The number of benzene rings is 1. The zero-order valence-corrected chi connectivity index (χ0v) is 11.7. The minimum Gasteiger partial charge on any atom is -0.359 e. The van der Waals surface area contributed by atoms with Gasteiger partial charge in [-0.15, -0.1) is 0 Å². The third-order valence-corrected chi connectivity index (χ3v) is 3.19. The van der Waals surface area contributed by atoms with Crippen LogP contribution < -0.4 is 5.32 Å². The van der Waals surface area contributed by atoms with E-state index in [9.17, 15) is 13.2 Å². The SMILES string of the molecule is [C-]#[N+]c1cn2ccnc2c(NCc2cccc(C(F)(F)F)c2)n1. The van der Waals surface area contributed by atoms with Crippen LogP contribution in [0.25, 0.3) is 10.5 Å². The molecule has 0 atom stereocenters. The van der Waals surface area contributed by atoms with E-state index in [0.717, 1.165) is 12.1 Å².